The van der Waals surface area contributed by atoms with Gasteiger partial charge in [0, 0.05) is 13.6 Å². The molecule has 156 valence electrons. The highest BCUT2D eigenvalue weighted by Gasteiger charge is 2.11. The van der Waals surface area contributed by atoms with Crippen LogP contribution in [0, 0.1) is 19.7 Å². The maximum Gasteiger partial charge on any atom is 0.192 e. The van der Waals surface area contributed by atoms with Gasteiger partial charge in [0.1, 0.15) is 18.2 Å². The maximum atomic E-state index is 13.9. The third kappa shape index (κ3) is 7.23. The van der Waals surface area contributed by atoms with E-state index in [0.717, 1.165) is 35.9 Å². The van der Waals surface area contributed by atoms with Crippen LogP contribution in [0.1, 0.15) is 42.2 Å². The molecule has 0 saturated heterocycles. The molecule has 28 heavy (non-hydrogen) atoms. The zero-order chi connectivity index (χ0) is 19.8. The zero-order valence-corrected chi connectivity index (χ0v) is 20.3. The lowest BCUT2D eigenvalue weighted by atomic mass is 10.1. The first kappa shape index (κ1) is 24.7. The maximum absolute atomic E-state index is 13.9. The van der Waals surface area contributed by atoms with Crippen LogP contribution in [0.3, 0.4) is 0 Å². The van der Waals surface area contributed by atoms with Gasteiger partial charge in [-0.1, -0.05) is 12.1 Å². The van der Waals surface area contributed by atoms with Crippen molar-refractivity contribution >= 4 is 41.7 Å². The molecule has 2 aromatic rings. The molecular weight excluding hydrogens is 490 g/mol. The van der Waals surface area contributed by atoms with Crippen LogP contribution in [0.2, 0.25) is 0 Å². The highest BCUT2D eigenvalue weighted by molar-refractivity contribution is 14.0. The van der Waals surface area contributed by atoms with E-state index in [1.165, 1.54) is 0 Å². The summed E-state index contributed by atoms with van der Waals surface area (Å²) in [5, 5.41) is 14.9. The van der Waals surface area contributed by atoms with Crippen molar-refractivity contribution in [2.75, 3.05) is 18.6 Å². The van der Waals surface area contributed by atoms with Gasteiger partial charge in [0.05, 0.1) is 6.04 Å². The molecule has 6 nitrogen and oxygen atoms in total. The van der Waals surface area contributed by atoms with E-state index in [0.29, 0.717) is 18.1 Å². The summed E-state index contributed by atoms with van der Waals surface area (Å²) >= 11 is 1.82. The van der Waals surface area contributed by atoms with Crippen molar-refractivity contribution in [3.8, 4) is 0 Å². The molecular formula is C19H30FIN6S. The molecule has 0 bridgehead atoms. The van der Waals surface area contributed by atoms with Gasteiger partial charge in [-0.3, -0.25) is 0 Å². The number of nitrogens with one attached hydrogen (secondary N) is 2. The standard InChI is InChI=1S/C19H29FN6S.HI/c1-13-7-8-16(11-17(13)20)14(2)23-19(21-9-6-10-27-5)22-12-18-25-24-15(3)26(18)4;/h7-8,11,14H,6,9-10,12H2,1-5H3,(H2,21,22,23);1H. The summed E-state index contributed by atoms with van der Waals surface area (Å²) in [6.45, 7) is 6.91. The van der Waals surface area contributed by atoms with Gasteiger partial charge in [-0.05, 0) is 56.4 Å². The second-order valence-corrected chi connectivity index (χ2v) is 7.52. The molecule has 1 aromatic carbocycles. The lowest BCUT2D eigenvalue weighted by Gasteiger charge is -2.19. The number of hydrogen-bond donors (Lipinski definition) is 2. The Balaban J connectivity index is 0.00000392. The predicted octanol–water partition coefficient (Wildman–Crippen LogP) is 3.74. The fourth-order valence-electron chi connectivity index (χ4n) is 2.48. The highest BCUT2D eigenvalue weighted by Crippen LogP contribution is 2.16. The van der Waals surface area contributed by atoms with Crippen LogP contribution >= 0.6 is 35.7 Å². The molecule has 0 amide bonds. The number of nitrogens with zero attached hydrogens (tertiary/aromatic N) is 4. The number of benzene rings is 1. The van der Waals surface area contributed by atoms with E-state index in [4.69, 9.17) is 0 Å². The topological polar surface area (TPSA) is 67.1 Å². The quantitative estimate of drug-likeness (QED) is 0.240. The van der Waals surface area contributed by atoms with Crippen molar-refractivity contribution in [1.82, 2.24) is 25.4 Å². The summed E-state index contributed by atoms with van der Waals surface area (Å²) in [6.07, 6.45) is 3.14. The van der Waals surface area contributed by atoms with E-state index in [2.05, 4.69) is 32.1 Å². The number of rotatable bonds is 8. The molecule has 0 aliphatic heterocycles. The van der Waals surface area contributed by atoms with Crippen LogP contribution < -0.4 is 10.6 Å². The number of thioether (sulfide) groups is 1. The van der Waals surface area contributed by atoms with Crippen molar-refractivity contribution < 1.29 is 4.39 Å². The zero-order valence-electron chi connectivity index (χ0n) is 17.1. The van der Waals surface area contributed by atoms with Gasteiger partial charge in [-0.15, -0.1) is 34.2 Å². The molecule has 1 unspecified atom stereocenters. The van der Waals surface area contributed by atoms with Gasteiger partial charge in [-0.25, -0.2) is 9.38 Å². The Morgan fingerprint density at radius 2 is 2.07 bits per heavy atom. The summed E-state index contributed by atoms with van der Waals surface area (Å²) in [6, 6.07) is 5.24. The van der Waals surface area contributed by atoms with Crippen LogP contribution in [-0.2, 0) is 13.6 Å². The van der Waals surface area contributed by atoms with Crippen molar-refractivity contribution in [3.05, 3.63) is 46.8 Å². The summed E-state index contributed by atoms with van der Waals surface area (Å²) < 4.78 is 15.8. The largest absolute Gasteiger partial charge is 0.356 e. The van der Waals surface area contributed by atoms with Gasteiger partial charge in [-0.2, -0.15) is 11.8 Å². The van der Waals surface area contributed by atoms with E-state index in [1.54, 1.807) is 19.1 Å². The number of hydrogen-bond acceptors (Lipinski definition) is 4. The first-order valence-corrected chi connectivity index (χ1v) is 10.5. The third-order valence-corrected chi connectivity index (χ3v) is 5.13. The van der Waals surface area contributed by atoms with Gasteiger partial charge >= 0.3 is 0 Å². The van der Waals surface area contributed by atoms with E-state index >= 15 is 0 Å². The average molecular weight is 520 g/mol. The Hall–Kier alpha value is -1.36. The summed E-state index contributed by atoms with van der Waals surface area (Å²) in [7, 11) is 1.93. The van der Waals surface area contributed by atoms with Crippen LogP contribution in [-0.4, -0.2) is 39.3 Å². The number of halogens is 2. The Labute approximate surface area is 188 Å². The van der Waals surface area contributed by atoms with E-state index in [-0.39, 0.29) is 35.8 Å². The molecule has 1 atom stereocenters. The van der Waals surface area contributed by atoms with Gasteiger partial charge in [0.2, 0.25) is 0 Å². The Bertz CT molecular complexity index is 780. The van der Waals surface area contributed by atoms with Gasteiger partial charge in [0.15, 0.2) is 11.8 Å². The fraction of sp³-hybridized carbons (Fsp3) is 0.526. The van der Waals surface area contributed by atoms with Crippen LogP contribution in [0.15, 0.2) is 23.2 Å². The molecule has 1 aromatic heterocycles. The molecule has 0 aliphatic carbocycles. The SMILES string of the molecule is CSCCCNC(=NCc1nnc(C)n1C)NC(C)c1ccc(C)c(F)c1.I. The Morgan fingerprint density at radius 1 is 1.32 bits per heavy atom. The molecule has 9 heteroatoms. The second-order valence-electron chi connectivity index (χ2n) is 6.54. The van der Waals surface area contributed by atoms with Crippen LogP contribution in [0.25, 0.3) is 0 Å². The van der Waals surface area contributed by atoms with Gasteiger partial charge < -0.3 is 15.2 Å². The summed E-state index contributed by atoms with van der Waals surface area (Å²) in [5.74, 6) is 3.23. The normalized spacial score (nSPS) is 12.4. The minimum Gasteiger partial charge on any atom is -0.356 e. The minimum absolute atomic E-state index is 0. The summed E-state index contributed by atoms with van der Waals surface area (Å²) in [4.78, 5) is 4.64. The molecule has 0 radical (unpaired) electrons. The molecule has 0 saturated carbocycles. The smallest absolute Gasteiger partial charge is 0.192 e. The Kier molecular flexibility index (Phi) is 10.8. The minimum atomic E-state index is -0.192. The number of aromatic nitrogens is 3. The fourth-order valence-corrected chi connectivity index (χ4v) is 2.91. The Morgan fingerprint density at radius 3 is 2.68 bits per heavy atom. The third-order valence-electron chi connectivity index (χ3n) is 4.43. The summed E-state index contributed by atoms with van der Waals surface area (Å²) in [5.41, 5.74) is 1.53. The van der Waals surface area contributed by atoms with Gasteiger partial charge in [0.25, 0.3) is 0 Å². The van der Waals surface area contributed by atoms with Crippen LogP contribution in [0.4, 0.5) is 4.39 Å². The predicted molar refractivity (Wildman–Crippen MR) is 126 cm³/mol. The van der Waals surface area contributed by atoms with E-state index in [9.17, 15) is 4.39 Å². The first-order valence-electron chi connectivity index (χ1n) is 9.07. The van der Waals surface area contributed by atoms with Crippen molar-refractivity contribution in [2.24, 2.45) is 12.0 Å². The van der Waals surface area contributed by atoms with Crippen LogP contribution in [0.5, 0.6) is 0 Å². The average Bonchev–Trinajstić information content (AvgIpc) is 2.97. The molecule has 0 aliphatic rings. The number of guanidine groups is 1. The van der Waals surface area contributed by atoms with E-state index in [1.807, 2.05) is 43.3 Å². The number of aryl methyl sites for hydroxylation is 2. The molecule has 0 spiro atoms. The molecule has 1 heterocycles. The van der Waals surface area contributed by atoms with E-state index < -0.39 is 0 Å². The van der Waals surface area contributed by atoms with Crippen molar-refractivity contribution in [2.45, 2.75) is 39.8 Å². The highest BCUT2D eigenvalue weighted by atomic mass is 127. The molecule has 0 fully saturated rings. The lowest BCUT2D eigenvalue weighted by Crippen LogP contribution is -2.39. The molecule has 2 N–H and O–H groups in total. The van der Waals surface area contributed by atoms with Crippen molar-refractivity contribution in [3.63, 3.8) is 0 Å². The molecule has 2 rings (SSSR count). The second kappa shape index (κ2) is 12.3. The lowest BCUT2D eigenvalue weighted by molar-refractivity contribution is 0.607. The first-order chi connectivity index (χ1) is 12.9. The van der Waals surface area contributed by atoms with Crippen molar-refractivity contribution in [1.29, 1.82) is 0 Å². The monoisotopic (exact) mass is 520 g/mol. The number of aliphatic imine (C=N–C) groups is 1.